The van der Waals surface area contributed by atoms with Gasteiger partial charge in [0.15, 0.2) is 0 Å². The van der Waals surface area contributed by atoms with Crippen molar-refractivity contribution in [1.82, 2.24) is 10.2 Å². The maximum Gasteiger partial charge on any atom is 0.223 e. The highest BCUT2D eigenvalue weighted by Gasteiger charge is 2.30. The summed E-state index contributed by atoms with van der Waals surface area (Å²) >= 11 is 0. The number of benzene rings is 2. The van der Waals surface area contributed by atoms with Crippen LogP contribution in [0.15, 0.2) is 54.6 Å². The van der Waals surface area contributed by atoms with Crippen LogP contribution < -0.4 is 5.32 Å². The molecule has 0 spiro atoms. The Hall–Kier alpha value is -1.84. The first-order chi connectivity index (χ1) is 13.2. The van der Waals surface area contributed by atoms with E-state index in [2.05, 4.69) is 71.7 Å². The monoisotopic (exact) mass is 398 g/mol. The fraction of sp³-hybridized carbons (Fsp3) is 0.458. The van der Waals surface area contributed by atoms with Gasteiger partial charge in [0.05, 0.1) is 0 Å². The molecule has 4 rings (SSSR count). The van der Waals surface area contributed by atoms with Gasteiger partial charge in [-0.1, -0.05) is 61.5 Å². The summed E-state index contributed by atoms with van der Waals surface area (Å²) in [7, 11) is 0. The summed E-state index contributed by atoms with van der Waals surface area (Å²) in [5.41, 5.74) is 3.96. The molecule has 28 heavy (non-hydrogen) atoms. The molecule has 2 aromatic rings. The molecule has 4 heteroatoms. The number of carbonyl (C=O) groups is 1. The van der Waals surface area contributed by atoms with Crippen molar-refractivity contribution in [3.05, 3.63) is 71.3 Å². The lowest BCUT2D eigenvalue weighted by molar-refractivity contribution is -0.133. The molecular weight excluding hydrogens is 368 g/mol. The molecule has 0 aromatic heterocycles. The fourth-order valence-electron chi connectivity index (χ4n) is 4.70. The molecule has 0 radical (unpaired) electrons. The zero-order valence-corrected chi connectivity index (χ0v) is 17.5. The second-order valence-electron chi connectivity index (χ2n) is 8.22. The lowest BCUT2D eigenvalue weighted by Crippen LogP contribution is -2.41. The first kappa shape index (κ1) is 20.9. The molecule has 1 saturated heterocycles. The van der Waals surface area contributed by atoms with Crippen molar-refractivity contribution in [3.63, 3.8) is 0 Å². The first-order valence-corrected chi connectivity index (χ1v) is 10.3. The summed E-state index contributed by atoms with van der Waals surface area (Å²) in [6.45, 7) is 5.97. The maximum atomic E-state index is 13.1. The topological polar surface area (TPSA) is 32.3 Å². The highest BCUT2D eigenvalue weighted by molar-refractivity contribution is 5.85. The van der Waals surface area contributed by atoms with E-state index in [1.807, 2.05) is 0 Å². The maximum absolute atomic E-state index is 13.1. The average Bonchev–Trinajstić information content (AvgIpc) is 2.74. The van der Waals surface area contributed by atoms with Crippen LogP contribution in [-0.4, -0.2) is 30.4 Å². The molecule has 150 valence electrons. The molecule has 2 aliphatic rings. The molecule has 3 nitrogen and oxygen atoms in total. The van der Waals surface area contributed by atoms with Gasteiger partial charge in [-0.3, -0.25) is 4.79 Å². The summed E-state index contributed by atoms with van der Waals surface area (Å²) in [6.07, 6.45) is 3.14. The highest BCUT2D eigenvalue weighted by Crippen LogP contribution is 2.34. The van der Waals surface area contributed by atoms with Gasteiger partial charge in [0.25, 0.3) is 0 Å². The van der Waals surface area contributed by atoms with Crippen LogP contribution in [0.3, 0.4) is 0 Å². The molecule has 3 atom stereocenters. The van der Waals surface area contributed by atoms with E-state index in [1.54, 1.807) is 0 Å². The van der Waals surface area contributed by atoms with Crippen LogP contribution >= 0.6 is 12.4 Å². The molecule has 2 aliphatic heterocycles. The molecule has 2 aromatic carbocycles. The van der Waals surface area contributed by atoms with E-state index in [4.69, 9.17) is 0 Å². The van der Waals surface area contributed by atoms with Gasteiger partial charge < -0.3 is 10.2 Å². The molecular formula is C24H31ClN2O. The lowest BCUT2D eigenvalue weighted by Gasteiger charge is -2.36. The molecule has 1 N–H and O–H groups in total. The standard InChI is InChI=1S/C24H30N2O.ClH/c1-18(20-11-7-13-25-15-20)14-24(27)26-16-21-10-5-6-12-22(21)23(17-26)19-8-3-2-4-9-19;/h2-6,8-10,12,18,20,23,25H,7,11,13-17H2,1H3;1H. The number of amides is 1. The van der Waals surface area contributed by atoms with Crippen LogP contribution in [0.25, 0.3) is 0 Å². The number of rotatable bonds is 4. The Bertz CT molecular complexity index is 773. The SMILES string of the molecule is CC(CC(=O)N1Cc2ccccc2C(c2ccccc2)C1)C1CCCNC1.Cl. The number of nitrogens with one attached hydrogen (secondary N) is 1. The van der Waals surface area contributed by atoms with Crippen LogP contribution in [-0.2, 0) is 11.3 Å². The van der Waals surface area contributed by atoms with Gasteiger partial charge in [-0.05, 0) is 54.5 Å². The number of hydrogen-bond acceptors (Lipinski definition) is 2. The molecule has 0 aliphatic carbocycles. The van der Waals surface area contributed by atoms with Gasteiger partial charge in [0.1, 0.15) is 0 Å². The van der Waals surface area contributed by atoms with Gasteiger partial charge in [-0.2, -0.15) is 0 Å². The molecule has 0 bridgehead atoms. The smallest absolute Gasteiger partial charge is 0.223 e. The number of fused-ring (bicyclic) bond motifs is 1. The predicted octanol–water partition coefficient (Wildman–Crippen LogP) is 4.61. The van der Waals surface area contributed by atoms with Crippen molar-refractivity contribution in [2.45, 2.75) is 38.6 Å². The molecule has 2 heterocycles. The van der Waals surface area contributed by atoms with Crippen molar-refractivity contribution in [3.8, 4) is 0 Å². The van der Waals surface area contributed by atoms with Crippen molar-refractivity contribution in [1.29, 1.82) is 0 Å². The number of nitrogens with zero attached hydrogens (tertiary/aromatic N) is 1. The van der Waals surface area contributed by atoms with E-state index in [9.17, 15) is 4.79 Å². The third-order valence-electron chi connectivity index (χ3n) is 6.39. The predicted molar refractivity (Wildman–Crippen MR) is 117 cm³/mol. The quantitative estimate of drug-likeness (QED) is 0.815. The first-order valence-electron chi connectivity index (χ1n) is 10.3. The van der Waals surface area contributed by atoms with Gasteiger partial charge >= 0.3 is 0 Å². The number of carbonyl (C=O) groups excluding carboxylic acids is 1. The van der Waals surface area contributed by atoms with Gasteiger partial charge in [0, 0.05) is 25.4 Å². The summed E-state index contributed by atoms with van der Waals surface area (Å²) < 4.78 is 0. The number of halogens is 1. The van der Waals surface area contributed by atoms with Gasteiger partial charge in [0.2, 0.25) is 5.91 Å². The average molecular weight is 399 g/mol. The Morgan fingerprint density at radius 3 is 2.64 bits per heavy atom. The molecule has 1 fully saturated rings. The summed E-state index contributed by atoms with van der Waals surface area (Å²) in [5.74, 6) is 1.65. The van der Waals surface area contributed by atoms with Crippen molar-refractivity contribution in [2.75, 3.05) is 19.6 Å². The minimum absolute atomic E-state index is 0. The summed E-state index contributed by atoms with van der Waals surface area (Å²) in [4.78, 5) is 15.2. The Morgan fingerprint density at radius 2 is 1.89 bits per heavy atom. The van der Waals surface area contributed by atoms with Crippen LogP contribution in [0, 0.1) is 11.8 Å². The van der Waals surface area contributed by atoms with Gasteiger partial charge in [-0.15, -0.1) is 12.4 Å². The van der Waals surface area contributed by atoms with Crippen LogP contribution in [0.5, 0.6) is 0 Å². The third kappa shape index (κ3) is 4.59. The van der Waals surface area contributed by atoms with Crippen LogP contribution in [0.1, 0.15) is 48.8 Å². The van der Waals surface area contributed by atoms with Crippen molar-refractivity contribution < 1.29 is 4.79 Å². The lowest BCUT2D eigenvalue weighted by atomic mass is 9.83. The van der Waals surface area contributed by atoms with E-state index >= 15 is 0 Å². The molecule has 3 unspecified atom stereocenters. The normalized spacial score (nSPS) is 22.7. The van der Waals surface area contributed by atoms with E-state index in [1.165, 1.54) is 29.5 Å². The van der Waals surface area contributed by atoms with Crippen molar-refractivity contribution >= 4 is 18.3 Å². The Kier molecular flexibility index (Phi) is 7.14. The summed E-state index contributed by atoms with van der Waals surface area (Å²) in [6, 6.07) is 19.2. The Balaban J connectivity index is 0.00000225. The Labute approximate surface area is 174 Å². The minimum atomic E-state index is 0. The fourth-order valence-corrected chi connectivity index (χ4v) is 4.70. The number of piperidine rings is 1. The van der Waals surface area contributed by atoms with E-state index in [-0.39, 0.29) is 18.3 Å². The van der Waals surface area contributed by atoms with E-state index in [0.717, 1.165) is 26.2 Å². The van der Waals surface area contributed by atoms with Crippen LogP contribution in [0.2, 0.25) is 0 Å². The Morgan fingerprint density at radius 1 is 1.14 bits per heavy atom. The summed E-state index contributed by atoms with van der Waals surface area (Å²) in [5, 5.41) is 3.49. The van der Waals surface area contributed by atoms with Crippen LogP contribution in [0.4, 0.5) is 0 Å². The second-order valence-corrected chi connectivity index (χ2v) is 8.22. The molecule has 1 amide bonds. The van der Waals surface area contributed by atoms with Crippen molar-refractivity contribution in [2.24, 2.45) is 11.8 Å². The third-order valence-corrected chi connectivity index (χ3v) is 6.39. The zero-order valence-electron chi connectivity index (χ0n) is 16.6. The zero-order chi connectivity index (χ0) is 18.6. The second kappa shape index (κ2) is 9.58. The van der Waals surface area contributed by atoms with Gasteiger partial charge in [-0.25, -0.2) is 0 Å². The van der Waals surface area contributed by atoms with E-state index in [0.29, 0.717) is 24.2 Å². The number of hydrogen-bond donors (Lipinski definition) is 1. The van der Waals surface area contributed by atoms with E-state index < -0.39 is 0 Å². The molecule has 0 saturated carbocycles. The highest BCUT2D eigenvalue weighted by atomic mass is 35.5. The largest absolute Gasteiger partial charge is 0.337 e. The minimum Gasteiger partial charge on any atom is -0.337 e.